The molecule has 0 amide bonds. The normalized spacial score (nSPS) is 11.5. The first-order valence-corrected chi connectivity index (χ1v) is 5.47. The van der Waals surface area contributed by atoms with Gasteiger partial charge in [0.2, 0.25) is 0 Å². The number of hydrogen-bond donors (Lipinski definition) is 0. The Hall–Kier alpha value is -2.27. The molecule has 2 heteroatoms. The van der Waals surface area contributed by atoms with Crippen LogP contribution in [0.15, 0.2) is 36.4 Å². The number of aromatic nitrogens is 1. The van der Waals surface area contributed by atoms with Gasteiger partial charge in [0.25, 0.3) is 0 Å². The SMILES string of the molecule is C=Cc1c(/C=C(\C)C#N)c2ccccc2n1C. The molecule has 0 aliphatic heterocycles. The van der Waals surface area contributed by atoms with Gasteiger partial charge in [-0.2, -0.15) is 5.26 Å². The predicted octanol–water partition coefficient (Wildman–Crippen LogP) is 3.75. The summed E-state index contributed by atoms with van der Waals surface area (Å²) in [6.45, 7) is 5.66. The first kappa shape index (κ1) is 11.2. The Morgan fingerprint density at radius 2 is 2.12 bits per heavy atom. The second-order valence-electron chi connectivity index (χ2n) is 4.02. The Morgan fingerprint density at radius 3 is 2.76 bits per heavy atom. The second-order valence-corrected chi connectivity index (χ2v) is 4.02. The second kappa shape index (κ2) is 4.31. The van der Waals surface area contributed by atoms with E-state index < -0.39 is 0 Å². The summed E-state index contributed by atoms with van der Waals surface area (Å²) in [4.78, 5) is 0. The van der Waals surface area contributed by atoms with Crippen molar-refractivity contribution in [2.75, 3.05) is 0 Å². The number of allylic oxidation sites excluding steroid dienone is 1. The lowest BCUT2D eigenvalue weighted by atomic mass is 10.1. The average molecular weight is 222 g/mol. The molecule has 0 saturated carbocycles. The van der Waals surface area contributed by atoms with Gasteiger partial charge in [-0.3, -0.25) is 0 Å². The van der Waals surface area contributed by atoms with E-state index in [1.54, 1.807) is 0 Å². The maximum atomic E-state index is 8.89. The van der Waals surface area contributed by atoms with Crippen LogP contribution in [0.3, 0.4) is 0 Å². The zero-order chi connectivity index (χ0) is 12.4. The van der Waals surface area contributed by atoms with Gasteiger partial charge in [-0.15, -0.1) is 0 Å². The van der Waals surface area contributed by atoms with Crippen molar-refractivity contribution < 1.29 is 0 Å². The lowest BCUT2D eigenvalue weighted by Crippen LogP contribution is -1.90. The summed E-state index contributed by atoms with van der Waals surface area (Å²) < 4.78 is 2.10. The summed E-state index contributed by atoms with van der Waals surface area (Å²) in [5, 5.41) is 10.0. The summed E-state index contributed by atoms with van der Waals surface area (Å²) in [5.74, 6) is 0. The Labute approximate surface area is 101 Å². The molecule has 1 heterocycles. The van der Waals surface area contributed by atoms with Crippen molar-refractivity contribution in [1.82, 2.24) is 4.57 Å². The predicted molar refractivity (Wildman–Crippen MR) is 72.3 cm³/mol. The highest BCUT2D eigenvalue weighted by atomic mass is 14.9. The van der Waals surface area contributed by atoms with Crippen LogP contribution >= 0.6 is 0 Å². The number of aryl methyl sites for hydroxylation is 1. The molecule has 2 nitrogen and oxygen atoms in total. The highest BCUT2D eigenvalue weighted by Gasteiger charge is 2.10. The van der Waals surface area contributed by atoms with Gasteiger partial charge in [0.05, 0.1) is 6.07 Å². The molecular weight excluding hydrogens is 208 g/mol. The third-order valence-corrected chi connectivity index (χ3v) is 2.92. The molecule has 0 aliphatic carbocycles. The minimum Gasteiger partial charge on any atom is -0.344 e. The van der Waals surface area contributed by atoms with Gasteiger partial charge in [-0.1, -0.05) is 24.8 Å². The van der Waals surface area contributed by atoms with Crippen LogP contribution in [0.2, 0.25) is 0 Å². The Bertz CT molecular complexity index is 651. The number of benzene rings is 1. The minimum absolute atomic E-state index is 0.699. The van der Waals surface area contributed by atoms with Gasteiger partial charge in [0.15, 0.2) is 0 Å². The van der Waals surface area contributed by atoms with Gasteiger partial charge < -0.3 is 4.57 Å². The van der Waals surface area contributed by atoms with Crippen molar-refractivity contribution in [3.63, 3.8) is 0 Å². The van der Waals surface area contributed by atoms with Crippen LogP contribution < -0.4 is 0 Å². The summed E-state index contributed by atoms with van der Waals surface area (Å²) in [7, 11) is 2.01. The van der Waals surface area contributed by atoms with Gasteiger partial charge in [0, 0.05) is 34.8 Å². The Kier molecular flexibility index (Phi) is 2.84. The molecule has 84 valence electrons. The van der Waals surface area contributed by atoms with Crippen molar-refractivity contribution in [2.24, 2.45) is 7.05 Å². The van der Waals surface area contributed by atoms with E-state index >= 15 is 0 Å². The van der Waals surface area contributed by atoms with E-state index in [9.17, 15) is 0 Å². The fourth-order valence-corrected chi connectivity index (χ4v) is 2.09. The summed E-state index contributed by atoms with van der Waals surface area (Å²) in [6, 6.07) is 10.3. The van der Waals surface area contributed by atoms with Crippen LogP contribution in [0.4, 0.5) is 0 Å². The van der Waals surface area contributed by atoms with E-state index in [0.717, 1.165) is 22.2 Å². The van der Waals surface area contributed by atoms with Crippen LogP contribution in [0.5, 0.6) is 0 Å². The third-order valence-electron chi connectivity index (χ3n) is 2.92. The van der Waals surface area contributed by atoms with Crippen LogP contribution in [-0.2, 0) is 7.05 Å². The molecule has 1 aromatic heterocycles. The number of nitrogens with zero attached hydrogens (tertiary/aromatic N) is 2. The molecule has 0 radical (unpaired) electrons. The van der Waals surface area contributed by atoms with E-state index in [4.69, 9.17) is 5.26 Å². The van der Waals surface area contributed by atoms with Crippen molar-refractivity contribution in [3.8, 4) is 6.07 Å². The molecule has 0 N–H and O–H groups in total. The molecule has 2 rings (SSSR count). The highest BCUT2D eigenvalue weighted by Crippen LogP contribution is 2.27. The zero-order valence-electron chi connectivity index (χ0n) is 10.1. The van der Waals surface area contributed by atoms with Gasteiger partial charge in [-0.25, -0.2) is 0 Å². The highest BCUT2D eigenvalue weighted by molar-refractivity contribution is 5.94. The molecule has 0 spiro atoms. The van der Waals surface area contributed by atoms with E-state index in [-0.39, 0.29) is 0 Å². The molecule has 0 saturated heterocycles. The lowest BCUT2D eigenvalue weighted by molar-refractivity contribution is 0.953. The maximum absolute atomic E-state index is 8.89. The van der Waals surface area contributed by atoms with Crippen molar-refractivity contribution in [2.45, 2.75) is 6.92 Å². The molecule has 2 aromatic rings. The smallest absolute Gasteiger partial charge is 0.0944 e. The molecule has 0 atom stereocenters. The van der Waals surface area contributed by atoms with Crippen LogP contribution in [0, 0.1) is 11.3 Å². The first-order chi connectivity index (χ1) is 8.19. The molecule has 0 aliphatic rings. The number of rotatable bonds is 2. The van der Waals surface area contributed by atoms with E-state index in [1.165, 1.54) is 0 Å². The topological polar surface area (TPSA) is 28.7 Å². The van der Waals surface area contributed by atoms with E-state index in [2.05, 4.69) is 29.3 Å². The molecule has 0 unspecified atom stereocenters. The zero-order valence-corrected chi connectivity index (χ0v) is 10.1. The number of para-hydroxylation sites is 1. The largest absolute Gasteiger partial charge is 0.344 e. The van der Waals surface area contributed by atoms with E-state index in [1.807, 2.05) is 38.3 Å². The van der Waals surface area contributed by atoms with Gasteiger partial charge >= 0.3 is 0 Å². The van der Waals surface area contributed by atoms with E-state index in [0.29, 0.717) is 5.57 Å². The summed E-state index contributed by atoms with van der Waals surface area (Å²) in [6.07, 6.45) is 3.75. The lowest BCUT2D eigenvalue weighted by Gasteiger charge is -1.98. The standard InChI is InChI=1S/C15H14N2/c1-4-14-13(9-11(2)10-16)12-7-5-6-8-15(12)17(14)3/h4-9H,1H2,2-3H3/b11-9+. The van der Waals surface area contributed by atoms with Gasteiger partial charge in [0.1, 0.15) is 0 Å². The fourth-order valence-electron chi connectivity index (χ4n) is 2.09. The third kappa shape index (κ3) is 1.76. The first-order valence-electron chi connectivity index (χ1n) is 5.47. The summed E-state index contributed by atoms with van der Waals surface area (Å²) in [5.41, 5.74) is 3.96. The Balaban J connectivity index is 2.86. The minimum atomic E-state index is 0.699. The molecule has 0 bridgehead atoms. The molecule has 1 aromatic carbocycles. The number of nitriles is 1. The van der Waals surface area contributed by atoms with Gasteiger partial charge in [-0.05, 0) is 25.1 Å². The average Bonchev–Trinajstić information content (AvgIpc) is 2.63. The quantitative estimate of drug-likeness (QED) is 0.711. The number of hydrogen-bond acceptors (Lipinski definition) is 1. The van der Waals surface area contributed by atoms with Crippen LogP contribution in [0.1, 0.15) is 18.2 Å². The molecular formula is C15H14N2. The van der Waals surface area contributed by atoms with Crippen LogP contribution in [0.25, 0.3) is 23.1 Å². The fraction of sp³-hybridized carbons (Fsp3) is 0.133. The molecule has 17 heavy (non-hydrogen) atoms. The van der Waals surface area contributed by atoms with Crippen molar-refractivity contribution in [1.29, 1.82) is 5.26 Å². The monoisotopic (exact) mass is 222 g/mol. The van der Waals surface area contributed by atoms with Crippen molar-refractivity contribution in [3.05, 3.63) is 47.7 Å². The number of fused-ring (bicyclic) bond motifs is 1. The molecule has 0 fully saturated rings. The van der Waals surface area contributed by atoms with Crippen LogP contribution in [-0.4, -0.2) is 4.57 Å². The summed E-state index contributed by atoms with van der Waals surface area (Å²) >= 11 is 0. The maximum Gasteiger partial charge on any atom is 0.0944 e. The van der Waals surface area contributed by atoms with Crippen molar-refractivity contribution >= 4 is 23.1 Å². The Morgan fingerprint density at radius 1 is 1.41 bits per heavy atom.